The zero-order valence-corrected chi connectivity index (χ0v) is 4.09. The normalized spacial score (nSPS) is 29.3. The number of carbonyl (C=O) groups excluding carboxylic acids is 1. The van der Waals surface area contributed by atoms with E-state index in [0.717, 1.165) is 0 Å². The second kappa shape index (κ2) is 1.40. The van der Waals surface area contributed by atoms with Gasteiger partial charge in [-0.15, -0.1) is 5.11 Å². The molecule has 0 aromatic carbocycles. The Hall–Kier alpha value is -0.730. The van der Waals surface area contributed by atoms with Gasteiger partial charge in [0.05, 0.1) is 12.5 Å². The average Bonchev–Trinajstić information content (AvgIpc) is 1.91. The van der Waals surface area contributed by atoms with Crippen LogP contribution in [0.5, 0.6) is 0 Å². The van der Waals surface area contributed by atoms with Gasteiger partial charge in [-0.05, 0) is 0 Å². The molecule has 0 fully saturated rings. The van der Waals surface area contributed by atoms with Crippen molar-refractivity contribution in [2.45, 2.75) is 6.92 Å². The van der Waals surface area contributed by atoms with Crippen molar-refractivity contribution in [2.75, 3.05) is 6.54 Å². The molecule has 0 saturated heterocycles. The first-order valence-electron chi connectivity index (χ1n) is 2.22. The largest absolute Gasteiger partial charge is 0.271 e. The van der Waals surface area contributed by atoms with Gasteiger partial charge in [-0.25, -0.2) is 0 Å². The first kappa shape index (κ1) is 4.43. The van der Waals surface area contributed by atoms with E-state index in [4.69, 9.17) is 0 Å². The SMILES string of the molecule is CC1CN=NC1=O. The zero-order chi connectivity index (χ0) is 5.28. The van der Waals surface area contributed by atoms with Crippen molar-refractivity contribution in [1.29, 1.82) is 0 Å². The molecule has 0 aliphatic carbocycles. The van der Waals surface area contributed by atoms with Crippen molar-refractivity contribution in [1.82, 2.24) is 0 Å². The Bertz CT molecular complexity index is 119. The smallest absolute Gasteiger partial charge is 0.268 e. The Morgan fingerprint density at radius 2 is 2.57 bits per heavy atom. The summed E-state index contributed by atoms with van der Waals surface area (Å²) in [7, 11) is 0. The van der Waals surface area contributed by atoms with Crippen LogP contribution in [0.25, 0.3) is 0 Å². The zero-order valence-electron chi connectivity index (χ0n) is 4.09. The van der Waals surface area contributed by atoms with Crippen molar-refractivity contribution >= 4 is 5.91 Å². The molecule has 0 saturated carbocycles. The number of carbonyl (C=O) groups is 1. The van der Waals surface area contributed by atoms with Crippen LogP contribution in [0.4, 0.5) is 0 Å². The maximum absolute atomic E-state index is 10.3. The number of hydrogen-bond donors (Lipinski definition) is 0. The Morgan fingerprint density at radius 1 is 1.86 bits per heavy atom. The standard InChI is InChI=1S/C4H6N2O/c1-3-2-5-6-4(3)7/h3H,2H2,1H3. The second-order valence-electron chi connectivity index (χ2n) is 1.66. The van der Waals surface area contributed by atoms with Crippen LogP contribution >= 0.6 is 0 Å². The van der Waals surface area contributed by atoms with Gasteiger partial charge in [-0.2, -0.15) is 5.11 Å². The lowest BCUT2D eigenvalue weighted by Crippen LogP contribution is -2.02. The highest BCUT2D eigenvalue weighted by molar-refractivity contribution is 5.80. The molecule has 1 aliphatic heterocycles. The van der Waals surface area contributed by atoms with Gasteiger partial charge in [-0.1, -0.05) is 6.92 Å². The average molecular weight is 98.1 g/mol. The molecule has 7 heavy (non-hydrogen) atoms. The summed E-state index contributed by atoms with van der Waals surface area (Å²) in [6.07, 6.45) is 0. The first-order valence-corrected chi connectivity index (χ1v) is 2.22. The highest BCUT2D eigenvalue weighted by Gasteiger charge is 2.15. The van der Waals surface area contributed by atoms with Gasteiger partial charge in [0.25, 0.3) is 5.91 Å². The van der Waals surface area contributed by atoms with Crippen molar-refractivity contribution in [2.24, 2.45) is 16.1 Å². The third-order valence-corrected chi connectivity index (χ3v) is 0.946. The Balaban J connectivity index is 2.62. The van der Waals surface area contributed by atoms with E-state index in [-0.39, 0.29) is 11.8 Å². The van der Waals surface area contributed by atoms with E-state index in [9.17, 15) is 4.79 Å². The molecule has 1 atom stereocenters. The third-order valence-electron chi connectivity index (χ3n) is 0.946. The number of hydrogen-bond acceptors (Lipinski definition) is 2. The molecule has 38 valence electrons. The van der Waals surface area contributed by atoms with Crippen LogP contribution < -0.4 is 0 Å². The molecule has 1 heterocycles. The molecule has 0 N–H and O–H groups in total. The van der Waals surface area contributed by atoms with Gasteiger partial charge in [0.1, 0.15) is 0 Å². The number of azo groups is 1. The van der Waals surface area contributed by atoms with E-state index < -0.39 is 0 Å². The third kappa shape index (κ3) is 0.656. The molecule has 0 aromatic rings. The molecule has 1 rings (SSSR count). The molecule has 3 nitrogen and oxygen atoms in total. The highest BCUT2D eigenvalue weighted by atomic mass is 16.2. The summed E-state index contributed by atoms with van der Waals surface area (Å²) < 4.78 is 0. The molecule has 0 radical (unpaired) electrons. The molecular formula is C4H6N2O. The van der Waals surface area contributed by atoms with E-state index in [1.54, 1.807) is 0 Å². The summed E-state index contributed by atoms with van der Waals surface area (Å²) in [6, 6.07) is 0. The molecule has 0 bridgehead atoms. The van der Waals surface area contributed by atoms with E-state index in [1.165, 1.54) is 0 Å². The maximum atomic E-state index is 10.3. The fourth-order valence-electron chi connectivity index (χ4n) is 0.410. The van der Waals surface area contributed by atoms with Gasteiger partial charge < -0.3 is 0 Å². The first-order chi connectivity index (χ1) is 3.30. The van der Waals surface area contributed by atoms with Gasteiger partial charge >= 0.3 is 0 Å². The van der Waals surface area contributed by atoms with E-state index in [1.807, 2.05) is 6.92 Å². The van der Waals surface area contributed by atoms with Crippen molar-refractivity contribution < 1.29 is 4.79 Å². The van der Waals surface area contributed by atoms with Crippen molar-refractivity contribution in [3.63, 3.8) is 0 Å². The molecule has 1 aliphatic rings. The van der Waals surface area contributed by atoms with Crippen molar-refractivity contribution in [3.8, 4) is 0 Å². The summed E-state index contributed by atoms with van der Waals surface area (Å²) in [6.45, 7) is 2.40. The number of amides is 1. The minimum Gasteiger partial charge on any atom is -0.271 e. The summed E-state index contributed by atoms with van der Waals surface area (Å²) >= 11 is 0. The van der Waals surface area contributed by atoms with Crippen LogP contribution in [0, 0.1) is 5.92 Å². The van der Waals surface area contributed by atoms with Crippen LogP contribution in [0.3, 0.4) is 0 Å². The topological polar surface area (TPSA) is 41.8 Å². The van der Waals surface area contributed by atoms with Crippen LogP contribution in [0.15, 0.2) is 10.2 Å². The fourth-order valence-corrected chi connectivity index (χ4v) is 0.410. The van der Waals surface area contributed by atoms with Gasteiger partial charge in [0, 0.05) is 0 Å². The van der Waals surface area contributed by atoms with E-state index in [2.05, 4.69) is 10.2 Å². The maximum Gasteiger partial charge on any atom is 0.268 e. The minimum atomic E-state index is -0.0833. The molecular weight excluding hydrogens is 92.1 g/mol. The Kier molecular flexibility index (Phi) is 0.889. The summed E-state index contributed by atoms with van der Waals surface area (Å²) in [5.41, 5.74) is 0. The Morgan fingerprint density at radius 3 is 2.71 bits per heavy atom. The van der Waals surface area contributed by atoms with Gasteiger partial charge in [-0.3, -0.25) is 4.79 Å². The lowest BCUT2D eigenvalue weighted by atomic mass is 10.2. The quantitative estimate of drug-likeness (QED) is 0.437. The summed E-state index contributed by atoms with van der Waals surface area (Å²) in [4.78, 5) is 10.3. The van der Waals surface area contributed by atoms with Crippen LogP contribution in [0.1, 0.15) is 6.92 Å². The predicted octanol–water partition coefficient (Wildman–Crippen LogP) is 0.615. The lowest BCUT2D eigenvalue weighted by Gasteiger charge is -1.86. The molecule has 1 amide bonds. The van der Waals surface area contributed by atoms with Crippen LogP contribution in [-0.4, -0.2) is 12.5 Å². The lowest BCUT2D eigenvalue weighted by molar-refractivity contribution is -0.119. The van der Waals surface area contributed by atoms with Crippen LogP contribution in [0.2, 0.25) is 0 Å². The monoisotopic (exact) mass is 98.0 g/mol. The number of nitrogens with zero attached hydrogens (tertiary/aromatic N) is 2. The van der Waals surface area contributed by atoms with E-state index in [0.29, 0.717) is 6.54 Å². The second-order valence-corrected chi connectivity index (χ2v) is 1.66. The number of rotatable bonds is 0. The molecule has 3 heteroatoms. The Labute approximate surface area is 41.4 Å². The summed E-state index contributed by atoms with van der Waals surface area (Å²) in [5.74, 6) is -0.0417. The van der Waals surface area contributed by atoms with Gasteiger partial charge in [0.2, 0.25) is 0 Å². The molecule has 1 unspecified atom stereocenters. The van der Waals surface area contributed by atoms with Crippen LogP contribution in [-0.2, 0) is 4.79 Å². The van der Waals surface area contributed by atoms with Gasteiger partial charge in [0.15, 0.2) is 0 Å². The van der Waals surface area contributed by atoms with Crippen molar-refractivity contribution in [3.05, 3.63) is 0 Å². The molecule has 0 aromatic heterocycles. The highest BCUT2D eigenvalue weighted by Crippen LogP contribution is 2.05. The summed E-state index contributed by atoms with van der Waals surface area (Å²) in [5, 5.41) is 6.82. The van der Waals surface area contributed by atoms with E-state index >= 15 is 0 Å². The molecule has 0 spiro atoms. The minimum absolute atomic E-state index is 0.0417. The fraction of sp³-hybridized carbons (Fsp3) is 0.750. The predicted molar refractivity (Wildman–Crippen MR) is 23.9 cm³/mol.